The fourth-order valence-electron chi connectivity index (χ4n) is 5.51. The number of fused-ring (bicyclic) bond motifs is 2. The Balaban J connectivity index is 1.37. The van der Waals surface area contributed by atoms with Crippen molar-refractivity contribution in [2.45, 2.75) is 19.9 Å². The van der Waals surface area contributed by atoms with E-state index in [0.717, 1.165) is 80.1 Å². The number of rotatable bonds is 9. The normalized spacial score (nSPS) is 16.8. The zero-order chi connectivity index (χ0) is 28.2. The first-order valence-corrected chi connectivity index (χ1v) is 13.7. The molecule has 0 unspecified atom stereocenters. The summed E-state index contributed by atoms with van der Waals surface area (Å²) in [5.74, 6) is 1.24. The van der Waals surface area contributed by atoms with Gasteiger partial charge < -0.3 is 34.7 Å². The third-order valence-electron chi connectivity index (χ3n) is 7.74. The Morgan fingerprint density at radius 3 is 2.52 bits per heavy atom. The highest BCUT2D eigenvalue weighted by Crippen LogP contribution is 2.37. The molecule has 2 aliphatic heterocycles. The largest absolute Gasteiger partial charge is 0.497 e. The Kier molecular flexibility index (Phi) is 8.39. The molecule has 0 atom stereocenters. The predicted octanol–water partition coefficient (Wildman–Crippen LogP) is 3.33. The molecule has 10 nitrogen and oxygen atoms in total. The van der Waals surface area contributed by atoms with Crippen LogP contribution >= 0.6 is 0 Å². The van der Waals surface area contributed by atoms with Gasteiger partial charge in [0.1, 0.15) is 11.5 Å². The molecular formula is C30H37N5O5. The number of allylic oxidation sites excluding steroid dienone is 1. The van der Waals surface area contributed by atoms with Crippen molar-refractivity contribution in [2.24, 2.45) is 0 Å². The number of methoxy groups -OCH3 is 1. The van der Waals surface area contributed by atoms with Crippen LogP contribution in [0.4, 0.5) is 10.5 Å². The summed E-state index contributed by atoms with van der Waals surface area (Å²) in [7, 11) is 3.18. The van der Waals surface area contributed by atoms with Gasteiger partial charge in [-0.05, 0) is 62.4 Å². The number of Topliss-reactive ketones (excluding diaryl/α,β-unsaturated/α-hetero) is 1. The number of nitrogens with one attached hydrogen (secondary N) is 2. The number of hydrogen-bond donors (Lipinski definition) is 3. The standard InChI is InChI=1S/C30H37N5O5/c1-20-23(19-28-29(37)25-17-21(32-30(38)31-2)5-8-27(25)40-28)24-18-22(39-3)6-7-26(24)35(20)10-4-9-33-11-13-34(14-12-33)15-16-36/h5-8,17-19,36H,4,9-16H2,1-3H3,(H2,31,32,38). The van der Waals surface area contributed by atoms with Crippen LogP contribution in [-0.2, 0) is 6.54 Å². The van der Waals surface area contributed by atoms with Crippen LogP contribution in [0.2, 0.25) is 0 Å². The van der Waals surface area contributed by atoms with Crippen LogP contribution < -0.4 is 20.1 Å². The molecule has 1 saturated heterocycles. The van der Waals surface area contributed by atoms with E-state index in [1.807, 2.05) is 18.2 Å². The number of aromatic nitrogens is 1. The van der Waals surface area contributed by atoms with E-state index in [1.54, 1.807) is 25.3 Å². The summed E-state index contributed by atoms with van der Waals surface area (Å²) in [4.78, 5) is 29.8. The first-order chi connectivity index (χ1) is 19.4. The number of ketones is 1. The summed E-state index contributed by atoms with van der Waals surface area (Å²) in [6.45, 7) is 8.88. The van der Waals surface area contributed by atoms with Crippen molar-refractivity contribution >= 4 is 34.5 Å². The number of carbonyl (C=O) groups is 2. The lowest BCUT2D eigenvalue weighted by molar-refractivity contribution is 0.101. The van der Waals surface area contributed by atoms with Crippen molar-refractivity contribution in [3.05, 3.63) is 59.0 Å². The SMILES string of the molecule is CNC(=O)Nc1ccc2c(c1)C(=O)C(=Cc1c(C)n(CCCN3CCN(CCO)CC3)c3ccc(OC)cc13)O2. The molecule has 0 spiro atoms. The zero-order valence-corrected chi connectivity index (χ0v) is 23.3. The second kappa shape index (κ2) is 12.1. The van der Waals surface area contributed by atoms with Gasteiger partial charge in [-0.1, -0.05) is 0 Å². The van der Waals surface area contributed by atoms with Crippen molar-refractivity contribution in [3.63, 3.8) is 0 Å². The van der Waals surface area contributed by atoms with E-state index in [9.17, 15) is 14.7 Å². The molecule has 1 fully saturated rings. The lowest BCUT2D eigenvalue weighted by atomic mass is 10.1. The minimum Gasteiger partial charge on any atom is -0.497 e. The van der Waals surface area contributed by atoms with Gasteiger partial charge in [-0.25, -0.2) is 4.79 Å². The summed E-state index contributed by atoms with van der Waals surface area (Å²) in [6, 6.07) is 10.7. The second-order valence-corrected chi connectivity index (χ2v) is 10.1. The molecule has 1 aromatic heterocycles. The fraction of sp³-hybridized carbons (Fsp3) is 0.400. The van der Waals surface area contributed by atoms with Gasteiger partial charge in [0.2, 0.25) is 5.78 Å². The Morgan fingerprint density at radius 1 is 1.07 bits per heavy atom. The smallest absolute Gasteiger partial charge is 0.318 e. The predicted molar refractivity (Wildman–Crippen MR) is 155 cm³/mol. The van der Waals surface area contributed by atoms with Gasteiger partial charge in [0.15, 0.2) is 5.76 Å². The first kappa shape index (κ1) is 27.7. The molecule has 2 aromatic carbocycles. The highest BCUT2D eigenvalue weighted by Gasteiger charge is 2.29. The van der Waals surface area contributed by atoms with Gasteiger partial charge in [0.05, 0.1) is 19.3 Å². The number of aliphatic hydroxyl groups excluding tert-OH is 1. The highest BCUT2D eigenvalue weighted by molar-refractivity contribution is 6.16. The van der Waals surface area contributed by atoms with E-state index in [2.05, 4.69) is 38.0 Å². The van der Waals surface area contributed by atoms with Crippen LogP contribution in [0.15, 0.2) is 42.2 Å². The van der Waals surface area contributed by atoms with Crippen molar-refractivity contribution in [1.29, 1.82) is 0 Å². The minimum absolute atomic E-state index is 0.210. The number of ether oxygens (including phenoxy) is 2. The Hall–Kier alpha value is -3.86. The van der Waals surface area contributed by atoms with Crippen LogP contribution in [-0.4, -0.2) is 91.3 Å². The number of carbonyl (C=O) groups excluding carboxylic acids is 2. The van der Waals surface area contributed by atoms with Gasteiger partial charge >= 0.3 is 6.03 Å². The second-order valence-electron chi connectivity index (χ2n) is 10.1. The van der Waals surface area contributed by atoms with Crippen LogP contribution in [0.3, 0.4) is 0 Å². The molecule has 40 heavy (non-hydrogen) atoms. The maximum absolute atomic E-state index is 13.3. The van der Waals surface area contributed by atoms with Crippen molar-refractivity contribution in [3.8, 4) is 11.5 Å². The summed E-state index contributed by atoms with van der Waals surface area (Å²) in [6.07, 6.45) is 2.82. The highest BCUT2D eigenvalue weighted by atomic mass is 16.5. The van der Waals surface area contributed by atoms with E-state index in [-0.39, 0.29) is 24.2 Å². The summed E-state index contributed by atoms with van der Waals surface area (Å²) >= 11 is 0. The van der Waals surface area contributed by atoms with E-state index in [0.29, 0.717) is 17.0 Å². The number of nitrogens with zero attached hydrogens (tertiary/aromatic N) is 3. The fourth-order valence-corrected chi connectivity index (χ4v) is 5.51. The molecule has 3 heterocycles. The van der Waals surface area contributed by atoms with Crippen LogP contribution in [0.5, 0.6) is 11.5 Å². The number of hydrogen-bond acceptors (Lipinski definition) is 7. The van der Waals surface area contributed by atoms with Crippen LogP contribution in [0.1, 0.15) is 28.0 Å². The molecule has 0 saturated carbocycles. The van der Waals surface area contributed by atoms with Crippen molar-refractivity contribution < 1.29 is 24.2 Å². The number of urea groups is 1. The molecule has 10 heteroatoms. The average molecular weight is 548 g/mol. The number of aryl methyl sites for hydroxylation is 1. The third kappa shape index (κ3) is 5.70. The Labute approximate surface area is 234 Å². The van der Waals surface area contributed by atoms with Gasteiger partial charge in [-0.3, -0.25) is 9.69 Å². The number of amides is 2. The molecule has 0 radical (unpaired) electrons. The van der Waals surface area contributed by atoms with Gasteiger partial charge in [0.25, 0.3) is 0 Å². The Bertz CT molecular complexity index is 1440. The number of aliphatic hydroxyl groups is 1. The monoisotopic (exact) mass is 547 g/mol. The van der Waals surface area contributed by atoms with Gasteiger partial charge in [-0.15, -0.1) is 0 Å². The molecule has 5 rings (SSSR count). The summed E-state index contributed by atoms with van der Waals surface area (Å²) in [5, 5.41) is 15.4. The van der Waals surface area contributed by atoms with Crippen molar-refractivity contribution in [1.82, 2.24) is 19.7 Å². The first-order valence-electron chi connectivity index (χ1n) is 13.7. The quantitative estimate of drug-likeness (QED) is 0.353. The Morgan fingerprint density at radius 2 is 1.82 bits per heavy atom. The molecule has 0 aliphatic carbocycles. The molecule has 2 amide bonds. The lowest BCUT2D eigenvalue weighted by Gasteiger charge is -2.34. The molecule has 0 bridgehead atoms. The molecule has 3 N–H and O–H groups in total. The molecule has 212 valence electrons. The van der Waals surface area contributed by atoms with E-state index in [1.165, 1.54) is 7.05 Å². The summed E-state index contributed by atoms with van der Waals surface area (Å²) < 4.78 is 13.8. The molecular weight excluding hydrogens is 510 g/mol. The molecule has 2 aliphatic rings. The van der Waals surface area contributed by atoms with E-state index < -0.39 is 0 Å². The maximum atomic E-state index is 13.3. The van der Waals surface area contributed by atoms with E-state index >= 15 is 0 Å². The van der Waals surface area contributed by atoms with Crippen molar-refractivity contribution in [2.75, 3.05) is 65.3 Å². The maximum Gasteiger partial charge on any atom is 0.318 e. The van der Waals surface area contributed by atoms with Gasteiger partial charge in [0, 0.05) is 74.2 Å². The zero-order valence-electron chi connectivity index (χ0n) is 23.3. The lowest BCUT2D eigenvalue weighted by Crippen LogP contribution is -2.47. The summed E-state index contributed by atoms with van der Waals surface area (Å²) in [5.41, 5.74) is 3.99. The van der Waals surface area contributed by atoms with Crippen LogP contribution in [0.25, 0.3) is 17.0 Å². The number of piperazine rings is 1. The van der Waals surface area contributed by atoms with Gasteiger partial charge in [-0.2, -0.15) is 0 Å². The number of anilines is 1. The van der Waals surface area contributed by atoms with E-state index in [4.69, 9.17) is 9.47 Å². The average Bonchev–Trinajstić information content (AvgIpc) is 3.42. The number of β-amino-alcohol motifs (C(OH)–C–C–N with tert-alkyl or cyclic N) is 1. The topological polar surface area (TPSA) is 108 Å². The third-order valence-corrected chi connectivity index (χ3v) is 7.74. The number of benzene rings is 2. The minimum atomic E-state index is -0.358. The molecule has 3 aromatic rings. The van der Waals surface area contributed by atoms with Crippen LogP contribution in [0, 0.1) is 6.92 Å².